The number of H-pyrrole nitrogens is 1. The molecule has 2 fully saturated rings. The third-order valence-electron chi connectivity index (χ3n) is 6.89. The van der Waals surface area contributed by atoms with Gasteiger partial charge in [0.25, 0.3) is 5.91 Å². The third-order valence-corrected chi connectivity index (χ3v) is 6.89. The van der Waals surface area contributed by atoms with E-state index in [9.17, 15) is 19.2 Å². The van der Waals surface area contributed by atoms with Crippen LogP contribution in [0.2, 0.25) is 0 Å². The van der Waals surface area contributed by atoms with Gasteiger partial charge in [-0.05, 0) is 57.2 Å². The van der Waals surface area contributed by atoms with Crippen LogP contribution in [-0.4, -0.2) is 60.5 Å². The standard InChI is InChI=1S/C26H34N4O6/c1-26(2)13-15(22(31)30-26)11-20(25(34)36-4)29-23(32)18(10-14-8-9-14)28-24(33)19-12-16-17(27-19)6-5-7-21(16)35-3/h5-7,12,14-15,18,20,27H,8-11,13H2,1-4H3,(H,28,33)(H,29,32)(H,30,31). The van der Waals surface area contributed by atoms with E-state index >= 15 is 0 Å². The van der Waals surface area contributed by atoms with Crippen molar-refractivity contribution < 1.29 is 28.7 Å². The number of esters is 1. The maximum Gasteiger partial charge on any atom is 0.328 e. The van der Waals surface area contributed by atoms with Crippen LogP contribution >= 0.6 is 0 Å². The van der Waals surface area contributed by atoms with Crippen LogP contribution in [0.5, 0.6) is 5.75 Å². The number of hydrogen-bond donors (Lipinski definition) is 4. The molecule has 194 valence electrons. The van der Waals surface area contributed by atoms with Gasteiger partial charge in [-0.25, -0.2) is 4.79 Å². The zero-order valence-electron chi connectivity index (χ0n) is 21.1. The Morgan fingerprint density at radius 3 is 2.47 bits per heavy atom. The first kappa shape index (κ1) is 25.5. The smallest absolute Gasteiger partial charge is 0.328 e. The highest BCUT2D eigenvalue weighted by molar-refractivity contribution is 6.01. The number of nitrogens with one attached hydrogen (secondary N) is 4. The van der Waals surface area contributed by atoms with Crippen molar-refractivity contribution in [2.24, 2.45) is 11.8 Å². The van der Waals surface area contributed by atoms with Gasteiger partial charge in [-0.2, -0.15) is 0 Å². The van der Waals surface area contributed by atoms with E-state index in [4.69, 9.17) is 9.47 Å². The quantitative estimate of drug-likeness (QED) is 0.370. The van der Waals surface area contributed by atoms with Crippen molar-refractivity contribution in [3.63, 3.8) is 0 Å². The molecule has 3 amide bonds. The average Bonchev–Trinajstić information content (AvgIpc) is 3.47. The van der Waals surface area contributed by atoms with Crippen LogP contribution in [0.1, 0.15) is 56.4 Å². The molecule has 0 bridgehead atoms. The summed E-state index contributed by atoms with van der Waals surface area (Å²) in [5.41, 5.74) is 0.667. The van der Waals surface area contributed by atoms with E-state index in [0.717, 1.165) is 23.7 Å². The molecule has 1 saturated carbocycles. The Morgan fingerprint density at radius 1 is 1.11 bits per heavy atom. The van der Waals surface area contributed by atoms with Gasteiger partial charge in [0.1, 0.15) is 23.5 Å². The van der Waals surface area contributed by atoms with Gasteiger partial charge in [-0.3, -0.25) is 14.4 Å². The summed E-state index contributed by atoms with van der Waals surface area (Å²) in [5.74, 6) is -1.14. The Kier molecular flexibility index (Phi) is 7.23. The SMILES string of the molecule is COC(=O)C(CC1CC(C)(C)NC1=O)NC(=O)C(CC1CC1)NC(=O)c1cc2c(OC)cccc2[nH]1. The predicted octanol–water partition coefficient (Wildman–Crippen LogP) is 2.04. The molecule has 0 spiro atoms. The average molecular weight is 499 g/mol. The lowest BCUT2D eigenvalue weighted by molar-refractivity contribution is -0.146. The van der Waals surface area contributed by atoms with Crippen LogP contribution in [-0.2, 0) is 19.1 Å². The van der Waals surface area contributed by atoms with Crippen LogP contribution in [0.15, 0.2) is 24.3 Å². The summed E-state index contributed by atoms with van der Waals surface area (Å²) in [6.45, 7) is 3.83. The third kappa shape index (κ3) is 5.80. The lowest BCUT2D eigenvalue weighted by Gasteiger charge is -2.23. The van der Waals surface area contributed by atoms with Gasteiger partial charge < -0.3 is 30.4 Å². The molecular formula is C26H34N4O6. The Bertz CT molecular complexity index is 1170. The molecule has 1 aromatic carbocycles. The van der Waals surface area contributed by atoms with Crippen molar-refractivity contribution in [3.8, 4) is 5.75 Å². The van der Waals surface area contributed by atoms with Crippen molar-refractivity contribution in [1.82, 2.24) is 20.9 Å². The minimum absolute atomic E-state index is 0.125. The van der Waals surface area contributed by atoms with E-state index in [0.29, 0.717) is 30.2 Å². The minimum Gasteiger partial charge on any atom is -0.496 e. The minimum atomic E-state index is -0.997. The van der Waals surface area contributed by atoms with Crippen LogP contribution in [0.4, 0.5) is 0 Å². The van der Waals surface area contributed by atoms with E-state index in [1.54, 1.807) is 19.2 Å². The van der Waals surface area contributed by atoms with E-state index < -0.39 is 35.8 Å². The summed E-state index contributed by atoms with van der Waals surface area (Å²) in [6, 6.07) is 5.32. The Hall–Kier alpha value is -3.56. The molecule has 3 unspecified atom stereocenters. The second kappa shape index (κ2) is 10.2. The van der Waals surface area contributed by atoms with Gasteiger partial charge in [0.2, 0.25) is 11.8 Å². The maximum absolute atomic E-state index is 13.3. The maximum atomic E-state index is 13.3. The second-order valence-electron chi connectivity index (χ2n) is 10.4. The second-order valence-corrected chi connectivity index (χ2v) is 10.4. The molecule has 2 aliphatic rings. The lowest BCUT2D eigenvalue weighted by atomic mass is 9.91. The summed E-state index contributed by atoms with van der Waals surface area (Å²) in [5, 5.41) is 9.23. The number of hydrogen-bond acceptors (Lipinski definition) is 6. The molecule has 1 aliphatic carbocycles. The molecule has 10 heteroatoms. The highest BCUT2D eigenvalue weighted by atomic mass is 16.5. The van der Waals surface area contributed by atoms with Crippen LogP contribution in [0, 0.1) is 11.8 Å². The monoisotopic (exact) mass is 498 g/mol. The van der Waals surface area contributed by atoms with Gasteiger partial charge in [0.05, 0.1) is 14.2 Å². The van der Waals surface area contributed by atoms with E-state index in [2.05, 4.69) is 20.9 Å². The number of ether oxygens (including phenoxy) is 2. The first-order chi connectivity index (χ1) is 17.1. The Morgan fingerprint density at radius 2 is 1.86 bits per heavy atom. The highest BCUT2D eigenvalue weighted by Crippen LogP contribution is 2.34. The van der Waals surface area contributed by atoms with Crippen molar-refractivity contribution in [1.29, 1.82) is 0 Å². The topological polar surface area (TPSA) is 139 Å². The molecule has 4 rings (SSSR count). The van der Waals surface area contributed by atoms with Crippen LogP contribution in [0.25, 0.3) is 10.9 Å². The largest absolute Gasteiger partial charge is 0.496 e. The van der Waals surface area contributed by atoms with Gasteiger partial charge in [0, 0.05) is 22.4 Å². The summed E-state index contributed by atoms with van der Waals surface area (Å²) in [4.78, 5) is 54.3. The summed E-state index contributed by atoms with van der Waals surface area (Å²) >= 11 is 0. The summed E-state index contributed by atoms with van der Waals surface area (Å²) in [7, 11) is 2.80. The zero-order valence-corrected chi connectivity index (χ0v) is 21.1. The molecule has 1 aromatic heterocycles. The summed E-state index contributed by atoms with van der Waals surface area (Å²) in [6.07, 6.45) is 3.11. The van der Waals surface area contributed by atoms with Gasteiger partial charge in [0.15, 0.2) is 0 Å². The lowest BCUT2D eigenvalue weighted by Crippen LogP contribution is -2.52. The van der Waals surface area contributed by atoms with Gasteiger partial charge >= 0.3 is 5.97 Å². The molecule has 2 heterocycles. The van der Waals surface area contributed by atoms with E-state index in [1.165, 1.54) is 7.11 Å². The van der Waals surface area contributed by atoms with E-state index in [-0.39, 0.29) is 17.9 Å². The predicted molar refractivity (Wildman–Crippen MR) is 132 cm³/mol. The summed E-state index contributed by atoms with van der Waals surface area (Å²) < 4.78 is 10.3. The van der Waals surface area contributed by atoms with Gasteiger partial charge in [-0.15, -0.1) is 0 Å². The van der Waals surface area contributed by atoms with Crippen LogP contribution < -0.4 is 20.7 Å². The first-order valence-electron chi connectivity index (χ1n) is 12.3. The van der Waals surface area contributed by atoms with Crippen molar-refractivity contribution in [2.75, 3.05) is 14.2 Å². The number of aromatic amines is 1. The molecule has 4 N–H and O–H groups in total. The normalized spacial score (nSPS) is 20.3. The molecule has 0 radical (unpaired) electrons. The molecular weight excluding hydrogens is 464 g/mol. The molecule has 1 saturated heterocycles. The number of amides is 3. The highest BCUT2D eigenvalue weighted by Gasteiger charge is 2.41. The fourth-order valence-corrected chi connectivity index (χ4v) is 4.88. The van der Waals surface area contributed by atoms with Crippen molar-refractivity contribution >= 4 is 34.6 Å². The number of carbonyl (C=O) groups is 4. The fraction of sp³-hybridized carbons (Fsp3) is 0.538. The number of rotatable bonds is 10. The number of benzene rings is 1. The van der Waals surface area contributed by atoms with Crippen molar-refractivity contribution in [2.45, 2.75) is 63.6 Å². The molecule has 3 atom stereocenters. The first-order valence-corrected chi connectivity index (χ1v) is 12.3. The number of fused-ring (bicyclic) bond motifs is 1. The molecule has 1 aliphatic heterocycles. The van der Waals surface area contributed by atoms with Crippen LogP contribution in [0.3, 0.4) is 0 Å². The molecule has 36 heavy (non-hydrogen) atoms. The number of methoxy groups -OCH3 is 2. The van der Waals surface area contributed by atoms with Crippen molar-refractivity contribution in [3.05, 3.63) is 30.0 Å². The molecule has 10 nitrogen and oxygen atoms in total. The Balaban J connectivity index is 1.48. The van der Waals surface area contributed by atoms with Gasteiger partial charge in [-0.1, -0.05) is 18.9 Å². The zero-order chi connectivity index (χ0) is 26.0. The Labute approximate surface area is 209 Å². The van der Waals surface area contributed by atoms with E-state index in [1.807, 2.05) is 26.0 Å². The fourth-order valence-electron chi connectivity index (χ4n) is 4.88. The number of carbonyl (C=O) groups excluding carboxylic acids is 4. The number of aromatic nitrogens is 1. The molecule has 2 aromatic rings.